The number of carbonyl (C=O) groups is 2. The van der Waals surface area contributed by atoms with Crippen LogP contribution >= 0.6 is 0 Å². The summed E-state index contributed by atoms with van der Waals surface area (Å²) in [5.74, 6) is -0.736. The molecule has 1 aliphatic rings. The van der Waals surface area contributed by atoms with Crippen molar-refractivity contribution in [1.82, 2.24) is 5.32 Å². The molecule has 0 bridgehead atoms. The number of esters is 1. The summed E-state index contributed by atoms with van der Waals surface area (Å²) >= 11 is 0. The first-order chi connectivity index (χ1) is 12.6. The van der Waals surface area contributed by atoms with Crippen LogP contribution in [0.3, 0.4) is 0 Å². The van der Waals surface area contributed by atoms with Crippen LogP contribution in [0, 0.1) is 6.92 Å². The minimum absolute atomic E-state index is 0.166. The Morgan fingerprint density at radius 2 is 1.62 bits per heavy atom. The molecular formula is C22H25NO3. The van der Waals surface area contributed by atoms with E-state index in [9.17, 15) is 9.59 Å². The first kappa shape index (κ1) is 18.2. The van der Waals surface area contributed by atoms with E-state index in [1.54, 1.807) is 24.3 Å². The molecule has 2 aromatic carbocycles. The van der Waals surface area contributed by atoms with Gasteiger partial charge in [0.1, 0.15) is 0 Å². The molecule has 0 heterocycles. The van der Waals surface area contributed by atoms with E-state index in [1.807, 2.05) is 37.3 Å². The molecule has 1 atom stereocenters. The third-order valence-corrected chi connectivity index (χ3v) is 4.80. The molecule has 0 aliphatic heterocycles. The second-order valence-electron chi connectivity index (χ2n) is 6.91. The van der Waals surface area contributed by atoms with Gasteiger partial charge in [0, 0.05) is 11.6 Å². The lowest BCUT2D eigenvalue weighted by atomic mass is 9.95. The molecule has 1 fully saturated rings. The van der Waals surface area contributed by atoms with Gasteiger partial charge in [-0.15, -0.1) is 0 Å². The van der Waals surface area contributed by atoms with Gasteiger partial charge in [-0.25, -0.2) is 4.79 Å². The maximum Gasteiger partial charge on any atom is 0.339 e. The van der Waals surface area contributed by atoms with E-state index < -0.39 is 12.1 Å². The molecule has 1 unspecified atom stereocenters. The number of hydrogen-bond acceptors (Lipinski definition) is 3. The topological polar surface area (TPSA) is 55.4 Å². The molecular weight excluding hydrogens is 326 g/mol. The summed E-state index contributed by atoms with van der Waals surface area (Å²) in [6, 6.07) is 16.5. The summed E-state index contributed by atoms with van der Waals surface area (Å²) < 4.78 is 5.61. The molecule has 1 aliphatic carbocycles. The lowest BCUT2D eigenvalue weighted by Gasteiger charge is -2.25. The number of amides is 1. The maximum atomic E-state index is 12.9. The first-order valence-corrected chi connectivity index (χ1v) is 9.26. The van der Waals surface area contributed by atoms with Crippen LogP contribution in [0.25, 0.3) is 0 Å². The molecule has 1 saturated carbocycles. The second-order valence-corrected chi connectivity index (χ2v) is 6.91. The molecule has 4 nitrogen and oxygen atoms in total. The third kappa shape index (κ3) is 4.72. The van der Waals surface area contributed by atoms with Crippen molar-refractivity contribution in [2.24, 2.45) is 0 Å². The summed E-state index contributed by atoms with van der Waals surface area (Å²) in [7, 11) is 0. The Kier molecular flexibility index (Phi) is 6.05. The van der Waals surface area contributed by atoms with E-state index in [1.165, 1.54) is 6.42 Å². The SMILES string of the molecule is Cc1ccc(C(OC(=O)c2ccccc2)C(=O)NC2CCCCC2)cc1. The quantitative estimate of drug-likeness (QED) is 0.815. The summed E-state index contributed by atoms with van der Waals surface area (Å²) in [6.07, 6.45) is 4.51. The molecule has 1 N–H and O–H groups in total. The number of ether oxygens (including phenoxy) is 1. The number of benzene rings is 2. The number of nitrogens with one attached hydrogen (secondary N) is 1. The molecule has 2 aromatic rings. The Balaban J connectivity index is 1.77. The molecule has 0 radical (unpaired) electrons. The van der Waals surface area contributed by atoms with E-state index in [0.29, 0.717) is 11.1 Å². The molecule has 136 valence electrons. The zero-order valence-electron chi connectivity index (χ0n) is 15.1. The second kappa shape index (κ2) is 8.65. The van der Waals surface area contributed by atoms with Crippen molar-refractivity contribution in [3.05, 3.63) is 71.3 Å². The largest absolute Gasteiger partial charge is 0.444 e. The van der Waals surface area contributed by atoms with Gasteiger partial charge in [0.2, 0.25) is 6.10 Å². The van der Waals surface area contributed by atoms with Crippen molar-refractivity contribution in [2.75, 3.05) is 0 Å². The fraction of sp³-hybridized carbons (Fsp3) is 0.364. The first-order valence-electron chi connectivity index (χ1n) is 9.26. The highest BCUT2D eigenvalue weighted by Crippen LogP contribution is 2.23. The summed E-state index contributed by atoms with van der Waals surface area (Å²) in [6.45, 7) is 1.98. The average molecular weight is 351 g/mol. The van der Waals surface area contributed by atoms with Gasteiger partial charge in [0.25, 0.3) is 5.91 Å². The summed E-state index contributed by atoms with van der Waals surface area (Å²) in [5, 5.41) is 3.07. The van der Waals surface area contributed by atoms with Gasteiger partial charge in [-0.05, 0) is 31.9 Å². The molecule has 4 heteroatoms. The lowest BCUT2D eigenvalue weighted by Crippen LogP contribution is -2.40. The Bertz CT molecular complexity index is 734. The number of carbonyl (C=O) groups excluding carboxylic acids is 2. The van der Waals surface area contributed by atoms with Crippen LogP contribution in [-0.2, 0) is 9.53 Å². The molecule has 0 spiro atoms. The standard InChI is InChI=1S/C22H25NO3/c1-16-12-14-17(15-13-16)20(21(24)23-19-10-6-3-7-11-19)26-22(25)18-8-4-2-5-9-18/h2,4-5,8-9,12-15,19-20H,3,6-7,10-11H2,1H3,(H,23,24). The van der Waals surface area contributed by atoms with Gasteiger partial charge in [-0.2, -0.15) is 0 Å². The number of hydrogen-bond donors (Lipinski definition) is 1. The van der Waals surface area contributed by atoms with E-state index in [0.717, 1.165) is 31.2 Å². The molecule has 0 saturated heterocycles. The Labute approximate surface area is 154 Å². The Hall–Kier alpha value is -2.62. The third-order valence-electron chi connectivity index (χ3n) is 4.80. The van der Waals surface area contributed by atoms with E-state index in [2.05, 4.69) is 5.32 Å². The molecule has 3 rings (SSSR count). The Morgan fingerprint density at radius 3 is 2.27 bits per heavy atom. The van der Waals surface area contributed by atoms with Crippen LogP contribution in [0.4, 0.5) is 0 Å². The highest BCUT2D eigenvalue weighted by atomic mass is 16.5. The smallest absolute Gasteiger partial charge is 0.339 e. The normalized spacial score (nSPS) is 15.9. The van der Waals surface area contributed by atoms with Crippen LogP contribution in [0.5, 0.6) is 0 Å². The van der Waals surface area contributed by atoms with Crippen molar-refractivity contribution in [1.29, 1.82) is 0 Å². The number of rotatable bonds is 5. The van der Waals surface area contributed by atoms with Crippen molar-refractivity contribution >= 4 is 11.9 Å². The maximum absolute atomic E-state index is 12.9. The molecule has 26 heavy (non-hydrogen) atoms. The monoisotopic (exact) mass is 351 g/mol. The van der Waals surface area contributed by atoms with Crippen LogP contribution in [-0.4, -0.2) is 17.9 Å². The van der Waals surface area contributed by atoms with Gasteiger partial charge < -0.3 is 10.1 Å². The lowest BCUT2D eigenvalue weighted by molar-refractivity contribution is -0.131. The predicted octanol–water partition coefficient (Wildman–Crippen LogP) is 4.34. The minimum Gasteiger partial charge on any atom is -0.444 e. The molecule has 1 amide bonds. The summed E-state index contributed by atoms with van der Waals surface area (Å²) in [5.41, 5.74) is 2.22. The fourth-order valence-electron chi connectivity index (χ4n) is 3.29. The van der Waals surface area contributed by atoms with Crippen molar-refractivity contribution in [2.45, 2.75) is 51.2 Å². The zero-order chi connectivity index (χ0) is 18.4. The van der Waals surface area contributed by atoms with E-state index in [-0.39, 0.29) is 11.9 Å². The predicted molar refractivity (Wildman–Crippen MR) is 101 cm³/mol. The van der Waals surface area contributed by atoms with Crippen LogP contribution in [0.2, 0.25) is 0 Å². The minimum atomic E-state index is -0.940. The fourth-order valence-corrected chi connectivity index (χ4v) is 3.29. The van der Waals surface area contributed by atoms with Gasteiger partial charge in [0.05, 0.1) is 5.56 Å². The summed E-state index contributed by atoms with van der Waals surface area (Å²) in [4.78, 5) is 25.4. The van der Waals surface area contributed by atoms with Crippen LogP contribution in [0.1, 0.15) is 59.7 Å². The van der Waals surface area contributed by atoms with Gasteiger partial charge in [-0.1, -0.05) is 67.3 Å². The van der Waals surface area contributed by atoms with Crippen molar-refractivity contribution < 1.29 is 14.3 Å². The van der Waals surface area contributed by atoms with E-state index in [4.69, 9.17) is 4.74 Å². The van der Waals surface area contributed by atoms with Gasteiger partial charge in [-0.3, -0.25) is 4.79 Å². The van der Waals surface area contributed by atoms with Crippen LogP contribution in [0.15, 0.2) is 54.6 Å². The van der Waals surface area contributed by atoms with Crippen molar-refractivity contribution in [3.63, 3.8) is 0 Å². The number of aryl methyl sites for hydroxylation is 1. The zero-order valence-corrected chi connectivity index (χ0v) is 15.1. The highest BCUT2D eigenvalue weighted by Gasteiger charge is 2.28. The van der Waals surface area contributed by atoms with Crippen LogP contribution < -0.4 is 5.32 Å². The van der Waals surface area contributed by atoms with Gasteiger partial charge in [0.15, 0.2) is 0 Å². The Morgan fingerprint density at radius 1 is 0.962 bits per heavy atom. The van der Waals surface area contributed by atoms with E-state index >= 15 is 0 Å². The van der Waals surface area contributed by atoms with Gasteiger partial charge >= 0.3 is 5.97 Å². The highest BCUT2D eigenvalue weighted by molar-refractivity contribution is 5.92. The molecule has 0 aromatic heterocycles. The van der Waals surface area contributed by atoms with Crippen molar-refractivity contribution in [3.8, 4) is 0 Å². The average Bonchev–Trinajstić information content (AvgIpc) is 2.68.